The van der Waals surface area contributed by atoms with Gasteiger partial charge in [0, 0.05) is 19.3 Å². The fraction of sp³-hybridized carbons (Fsp3) is 1.00. The van der Waals surface area contributed by atoms with E-state index in [0.29, 0.717) is 0 Å². The lowest BCUT2D eigenvalue weighted by atomic mass is 10.4. The molecule has 98 valence electrons. The van der Waals surface area contributed by atoms with Gasteiger partial charge in [-0.2, -0.15) is 0 Å². The Balaban J connectivity index is 4.73. The maximum Gasteiger partial charge on any atom is 0.427 e. The first kappa shape index (κ1) is 16.1. The van der Waals surface area contributed by atoms with Crippen LogP contribution in [-0.4, -0.2) is 39.6 Å². The van der Waals surface area contributed by atoms with Crippen molar-refractivity contribution in [1.29, 1.82) is 0 Å². The molecular weight excluding hydrogens is 218 g/mol. The molecule has 16 heavy (non-hydrogen) atoms. The van der Waals surface area contributed by atoms with Crippen molar-refractivity contribution < 1.29 is 8.85 Å². The molecule has 0 saturated carbocycles. The number of hydrogen-bond donors (Lipinski definition) is 0. The number of nitrogens with zero attached hydrogens (tertiary/aromatic N) is 1. The van der Waals surface area contributed by atoms with Gasteiger partial charge in [-0.25, -0.2) is 0 Å². The maximum atomic E-state index is 6.06. The Labute approximate surface area is 102 Å². The Kier molecular flexibility index (Phi) is 9.22. The minimum absolute atomic E-state index is 0.756. The van der Waals surface area contributed by atoms with E-state index in [1.165, 1.54) is 12.8 Å². The Morgan fingerprint density at radius 2 is 1.38 bits per heavy atom. The van der Waals surface area contributed by atoms with Gasteiger partial charge in [0.05, 0.1) is 0 Å². The van der Waals surface area contributed by atoms with Gasteiger partial charge < -0.3 is 8.85 Å². The van der Waals surface area contributed by atoms with E-state index in [9.17, 15) is 0 Å². The first-order chi connectivity index (χ1) is 7.70. The summed E-state index contributed by atoms with van der Waals surface area (Å²) in [6, 6.07) is 1.09. The standard InChI is InChI=1S/C12H29NO2Si/c1-6-11-12-16(14-9-4,15-10-5)13(7-2)8-3/h6-12H2,1-5H3. The van der Waals surface area contributed by atoms with E-state index >= 15 is 0 Å². The zero-order valence-corrected chi connectivity index (χ0v) is 12.7. The second kappa shape index (κ2) is 9.16. The minimum atomic E-state index is -2.11. The largest absolute Gasteiger partial charge is 0.427 e. The van der Waals surface area contributed by atoms with Crippen LogP contribution in [0.25, 0.3) is 0 Å². The van der Waals surface area contributed by atoms with Crippen LogP contribution in [-0.2, 0) is 8.85 Å². The predicted molar refractivity (Wildman–Crippen MR) is 71.6 cm³/mol. The fourth-order valence-electron chi connectivity index (χ4n) is 2.08. The normalized spacial score (nSPS) is 12.4. The van der Waals surface area contributed by atoms with Crippen LogP contribution in [0.15, 0.2) is 0 Å². The molecule has 0 unspecified atom stereocenters. The molecule has 0 amide bonds. The molecule has 0 radical (unpaired) electrons. The van der Waals surface area contributed by atoms with Gasteiger partial charge in [-0.15, -0.1) is 0 Å². The van der Waals surface area contributed by atoms with Gasteiger partial charge in [-0.05, 0) is 26.9 Å². The summed E-state index contributed by atoms with van der Waals surface area (Å²) in [4.78, 5) is 0. The summed E-state index contributed by atoms with van der Waals surface area (Å²) in [5.74, 6) is 0. The lowest BCUT2D eigenvalue weighted by molar-refractivity contribution is 0.123. The highest BCUT2D eigenvalue weighted by Gasteiger charge is 2.42. The topological polar surface area (TPSA) is 21.7 Å². The summed E-state index contributed by atoms with van der Waals surface area (Å²) in [5.41, 5.74) is 0. The molecular formula is C12H29NO2Si. The molecule has 0 aliphatic rings. The number of rotatable bonds is 10. The lowest BCUT2D eigenvalue weighted by Crippen LogP contribution is -2.58. The third kappa shape index (κ3) is 4.53. The van der Waals surface area contributed by atoms with Crippen molar-refractivity contribution in [2.75, 3.05) is 26.3 Å². The molecule has 0 heterocycles. The third-order valence-corrected chi connectivity index (χ3v) is 6.89. The minimum Gasteiger partial charge on any atom is -0.383 e. The summed E-state index contributed by atoms with van der Waals surface area (Å²) in [5, 5.41) is 0. The Bertz CT molecular complexity index is 157. The van der Waals surface area contributed by atoms with Crippen LogP contribution in [0.5, 0.6) is 0 Å². The predicted octanol–water partition coefficient (Wildman–Crippen LogP) is 3.14. The molecule has 0 aromatic heterocycles. The highest BCUT2D eigenvalue weighted by Crippen LogP contribution is 2.21. The van der Waals surface area contributed by atoms with Gasteiger partial charge in [-0.3, -0.25) is 4.57 Å². The molecule has 0 aliphatic heterocycles. The molecule has 0 atom stereocenters. The van der Waals surface area contributed by atoms with Crippen molar-refractivity contribution in [3.8, 4) is 0 Å². The Morgan fingerprint density at radius 1 is 0.875 bits per heavy atom. The van der Waals surface area contributed by atoms with E-state index in [2.05, 4.69) is 39.2 Å². The lowest BCUT2D eigenvalue weighted by Gasteiger charge is -2.38. The second-order valence-electron chi connectivity index (χ2n) is 3.85. The van der Waals surface area contributed by atoms with Crippen LogP contribution in [0.3, 0.4) is 0 Å². The molecule has 0 N–H and O–H groups in total. The van der Waals surface area contributed by atoms with Crippen LogP contribution in [0.2, 0.25) is 6.04 Å². The number of hydrogen-bond acceptors (Lipinski definition) is 3. The van der Waals surface area contributed by atoms with Crippen molar-refractivity contribution in [1.82, 2.24) is 4.57 Å². The first-order valence-corrected chi connectivity index (χ1v) is 8.70. The Morgan fingerprint density at radius 3 is 1.69 bits per heavy atom. The number of unbranched alkanes of at least 4 members (excludes halogenated alkanes) is 1. The fourth-order valence-corrected chi connectivity index (χ4v) is 5.80. The molecule has 0 spiro atoms. The van der Waals surface area contributed by atoms with E-state index < -0.39 is 8.72 Å². The SMILES string of the molecule is CCCC[Si](OCC)(OCC)N(CC)CC. The smallest absolute Gasteiger partial charge is 0.383 e. The van der Waals surface area contributed by atoms with Crippen LogP contribution < -0.4 is 0 Å². The van der Waals surface area contributed by atoms with Crippen LogP contribution >= 0.6 is 0 Å². The molecule has 4 heteroatoms. The average Bonchev–Trinajstić information content (AvgIpc) is 2.28. The van der Waals surface area contributed by atoms with Gasteiger partial charge in [-0.1, -0.05) is 33.6 Å². The maximum absolute atomic E-state index is 6.06. The highest BCUT2D eigenvalue weighted by molar-refractivity contribution is 6.64. The van der Waals surface area contributed by atoms with Gasteiger partial charge >= 0.3 is 8.72 Å². The molecule has 0 saturated heterocycles. The second-order valence-corrected chi connectivity index (χ2v) is 6.99. The third-order valence-electron chi connectivity index (χ3n) is 2.83. The zero-order valence-electron chi connectivity index (χ0n) is 11.7. The summed E-state index contributed by atoms with van der Waals surface area (Å²) in [7, 11) is -2.11. The zero-order chi connectivity index (χ0) is 12.4. The van der Waals surface area contributed by atoms with E-state index in [4.69, 9.17) is 8.85 Å². The molecule has 0 rings (SSSR count). The van der Waals surface area contributed by atoms with Crippen molar-refractivity contribution in [2.45, 2.75) is 53.5 Å². The van der Waals surface area contributed by atoms with E-state index in [1.807, 2.05) is 0 Å². The molecule has 0 aliphatic carbocycles. The Hall–Kier alpha value is 0.0969. The van der Waals surface area contributed by atoms with Gasteiger partial charge in [0.25, 0.3) is 0 Å². The summed E-state index contributed by atoms with van der Waals surface area (Å²) >= 11 is 0. The molecule has 0 aromatic rings. The first-order valence-electron chi connectivity index (χ1n) is 6.73. The van der Waals surface area contributed by atoms with Crippen LogP contribution in [0.4, 0.5) is 0 Å². The molecule has 3 nitrogen and oxygen atoms in total. The van der Waals surface area contributed by atoms with Crippen LogP contribution in [0, 0.1) is 0 Å². The van der Waals surface area contributed by atoms with Crippen molar-refractivity contribution in [2.24, 2.45) is 0 Å². The molecule has 0 bridgehead atoms. The van der Waals surface area contributed by atoms with Gasteiger partial charge in [0.2, 0.25) is 0 Å². The van der Waals surface area contributed by atoms with Gasteiger partial charge in [0.1, 0.15) is 0 Å². The average molecular weight is 247 g/mol. The van der Waals surface area contributed by atoms with Gasteiger partial charge in [0.15, 0.2) is 0 Å². The molecule has 0 fully saturated rings. The van der Waals surface area contributed by atoms with Crippen molar-refractivity contribution >= 4 is 8.72 Å². The van der Waals surface area contributed by atoms with E-state index in [-0.39, 0.29) is 0 Å². The van der Waals surface area contributed by atoms with Crippen LogP contribution in [0.1, 0.15) is 47.5 Å². The van der Waals surface area contributed by atoms with Crippen molar-refractivity contribution in [3.05, 3.63) is 0 Å². The van der Waals surface area contributed by atoms with E-state index in [1.54, 1.807) is 0 Å². The quantitative estimate of drug-likeness (QED) is 0.554. The highest BCUT2D eigenvalue weighted by atomic mass is 28.4. The van der Waals surface area contributed by atoms with E-state index in [0.717, 1.165) is 32.3 Å². The summed E-state index contributed by atoms with van der Waals surface area (Å²) in [6.45, 7) is 14.3. The summed E-state index contributed by atoms with van der Waals surface area (Å²) < 4.78 is 14.5. The van der Waals surface area contributed by atoms with Crippen molar-refractivity contribution in [3.63, 3.8) is 0 Å². The monoisotopic (exact) mass is 247 g/mol. The summed E-state index contributed by atoms with van der Waals surface area (Å²) in [6.07, 6.45) is 2.40. The molecule has 0 aromatic carbocycles.